The maximum Gasteiger partial charge on any atom is 0.336 e. The summed E-state index contributed by atoms with van der Waals surface area (Å²) in [7, 11) is 0. The predicted molar refractivity (Wildman–Crippen MR) is 81.0 cm³/mol. The van der Waals surface area contributed by atoms with Gasteiger partial charge in [-0.1, -0.05) is 0 Å². The lowest BCUT2D eigenvalue weighted by atomic mass is 10.2. The highest BCUT2D eigenvalue weighted by Crippen LogP contribution is 2.26. The predicted octanol–water partition coefficient (Wildman–Crippen LogP) is 3.81. The number of thiazole rings is 1. The van der Waals surface area contributed by atoms with Crippen LogP contribution in [0.4, 0.5) is 10.8 Å². The molecule has 0 spiro atoms. The van der Waals surface area contributed by atoms with Crippen molar-refractivity contribution in [2.45, 2.75) is 13.8 Å². The van der Waals surface area contributed by atoms with Gasteiger partial charge in [-0.3, -0.25) is 0 Å². The van der Waals surface area contributed by atoms with E-state index in [1.165, 1.54) is 0 Å². The van der Waals surface area contributed by atoms with Gasteiger partial charge in [0.2, 0.25) is 0 Å². The first-order chi connectivity index (χ1) is 8.47. The van der Waals surface area contributed by atoms with Gasteiger partial charge >= 0.3 is 5.97 Å². The zero-order chi connectivity index (χ0) is 13.3. The Kier molecular flexibility index (Phi) is 3.86. The summed E-state index contributed by atoms with van der Waals surface area (Å²) in [6.07, 6.45) is 0. The molecule has 1 aromatic carbocycles. The van der Waals surface area contributed by atoms with Crippen molar-refractivity contribution in [3.8, 4) is 0 Å². The second-order valence-electron chi connectivity index (χ2n) is 3.79. The van der Waals surface area contributed by atoms with E-state index in [1.54, 1.807) is 23.5 Å². The SMILES string of the molecule is Cc1nc(Nc2ccc(I)c(C(=O)O)c2)sc1C. The number of nitrogens with one attached hydrogen (secondary N) is 1. The smallest absolute Gasteiger partial charge is 0.336 e. The topological polar surface area (TPSA) is 62.2 Å². The summed E-state index contributed by atoms with van der Waals surface area (Å²) in [6.45, 7) is 3.96. The van der Waals surface area contributed by atoms with E-state index in [9.17, 15) is 4.79 Å². The first kappa shape index (κ1) is 13.3. The van der Waals surface area contributed by atoms with Crippen LogP contribution in [-0.2, 0) is 0 Å². The van der Waals surface area contributed by atoms with E-state index in [0.717, 1.165) is 25.0 Å². The number of aromatic nitrogens is 1. The van der Waals surface area contributed by atoms with Crippen LogP contribution in [0.3, 0.4) is 0 Å². The van der Waals surface area contributed by atoms with Crippen molar-refractivity contribution in [3.05, 3.63) is 37.9 Å². The third kappa shape index (κ3) is 2.81. The Labute approximate surface area is 122 Å². The maximum atomic E-state index is 11.0. The van der Waals surface area contributed by atoms with Gasteiger partial charge < -0.3 is 10.4 Å². The fraction of sp³-hybridized carbons (Fsp3) is 0.167. The van der Waals surface area contributed by atoms with Crippen LogP contribution in [0.25, 0.3) is 0 Å². The molecule has 0 aliphatic carbocycles. The summed E-state index contributed by atoms with van der Waals surface area (Å²) in [6, 6.07) is 5.25. The van der Waals surface area contributed by atoms with E-state index >= 15 is 0 Å². The average molecular weight is 374 g/mol. The molecule has 4 nitrogen and oxygen atoms in total. The molecule has 0 saturated heterocycles. The zero-order valence-electron chi connectivity index (χ0n) is 9.82. The first-order valence-electron chi connectivity index (χ1n) is 5.21. The average Bonchev–Trinajstić information content (AvgIpc) is 2.60. The Morgan fingerprint density at radius 1 is 1.44 bits per heavy atom. The number of rotatable bonds is 3. The van der Waals surface area contributed by atoms with Crippen LogP contribution < -0.4 is 5.32 Å². The summed E-state index contributed by atoms with van der Waals surface area (Å²) >= 11 is 3.57. The van der Waals surface area contributed by atoms with E-state index in [2.05, 4.69) is 10.3 Å². The number of aryl methyl sites for hydroxylation is 2. The fourth-order valence-electron chi connectivity index (χ4n) is 1.42. The quantitative estimate of drug-likeness (QED) is 0.803. The van der Waals surface area contributed by atoms with Crippen LogP contribution in [0, 0.1) is 17.4 Å². The Morgan fingerprint density at radius 2 is 2.17 bits per heavy atom. The largest absolute Gasteiger partial charge is 0.478 e. The zero-order valence-corrected chi connectivity index (χ0v) is 12.8. The van der Waals surface area contributed by atoms with E-state index in [1.807, 2.05) is 42.5 Å². The van der Waals surface area contributed by atoms with Gasteiger partial charge in [-0.25, -0.2) is 9.78 Å². The van der Waals surface area contributed by atoms with Crippen LogP contribution >= 0.6 is 33.9 Å². The van der Waals surface area contributed by atoms with Crippen molar-refractivity contribution in [1.29, 1.82) is 0 Å². The molecule has 0 unspecified atom stereocenters. The Bertz CT molecular complexity index is 591. The molecule has 0 aliphatic heterocycles. The minimum absolute atomic E-state index is 0.297. The summed E-state index contributed by atoms with van der Waals surface area (Å²) in [5, 5.41) is 13.0. The molecule has 0 fully saturated rings. The van der Waals surface area contributed by atoms with Crippen LogP contribution in [0.5, 0.6) is 0 Å². The molecule has 2 N–H and O–H groups in total. The summed E-state index contributed by atoms with van der Waals surface area (Å²) in [5.74, 6) is -0.922. The highest BCUT2D eigenvalue weighted by atomic mass is 127. The Hall–Kier alpha value is -1.15. The molecule has 0 saturated carbocycles. The molecule has 2 aromatic rings. The standard InChI is InChI=1S/C12H11IN2O2S/c1-6-7(2)18-12(14-6)15-8-3-4-10(13)9(5-8)11(16)17/h3-5H,1-2H3,(H,14,15)(H,16,17). The van der Waals surface area contributed by atoms with Crippen molar-refractivity contribution in [2.75, 3.05) is 5.32 Å². The minimum atomic E-state index is -0.922. The number of carboxylic acid groups (broad SMARTS) is 1. The molecule has 1 aromatic heterocycles. The third-order valence-corrected chi connectivity index (χ3v) is 4.41. The molecule has 0 radical (unpaired) electrons. The molecule has 94 valence electrons. The second-order valence-corrected chi connectivity index (χ2v) is 6.15. The van der Waals surface area contributed by atoms with Gasteiger partial charge in [0.25, 0.3) is 0 Å². The van der Waals surface area contributed by atoms with Crippen LogP contribution in [0.2, 0.25) is 0 Å². The van der Waals surface area contributed by atoms with Gasteiger partial charge in [0.1, 0.15) is 0 Å². The number of carboxylic acids is 1. The Balaban J connectivity index is 2.29. The van der Waals surface area contributed by atoms with Crippen molar-refractivity contribution < 1.29 is 9.90 Å². The lowest BCUT2D eigenvalue weighted by Gasteiger charge is -2.05. The highest BCUT2D eigenvalue weighted by molar-refractivity contribution is 14.1. The monoisotopic (exact) mass is 374 g/mol. The number of hydrogen-bond donors (Lipinski definition) is 2. The number of anilines is 2. The van der Waals surface area contributed by atoms with Crippen LogP contribution in [0.15, 0.2) is 18.2 Å². The number of benzene rings is 1. The van der Waals surface area contributed by atoms with E-state index < -0.39 is 5.97 Å². The number of hydrogen-bond acceptors (Lipinski definition) is 4. The number of nitrogens with zero attached hydrogens (tertiary/aromatic N) is 1. The van der Waals surface area contributed by atoms with E-state index in [0.29, 0.717) is 5.56 Å². The highest BCUT2D eigenvalue weighted by Gasteiger charge is 2.10. The summed E-state index contributed by atoms with van der Waals surface area (Å²) < 4.78 is 0.720. The van der Waals surface area contributed by atoms with Gasteiger partial charge in [0.05, 0.1) is 11.3 Å². The van der Waals surface area contributed by atoms with Crippen molar-refractivity contribution in [3.63, 3.8) is 0 Å². The van der Waals surface area contributed by atoms with Crippen LogP contribution in [-0.4, -0.2) is 16.1 Å². The molecule has 0 bridgehead atoms. The van der Waals surface area contributed by atoms with Gasteiger partial charge in [0.15, 0.2) is 5.13 Å². The molecule has 0 amide bonds. The fourth-order valence-corrected chi connectivity index (χ4v) is 2.82. The molecule has 1 heterocycles. The van der Waals surface area contributed by atoms with Crippen molar-refractivity contribution in [1.82, 2.24) is 4.98 Å². The number of carbonyl (C=O) groups is 1. The number of halogens is 1. The molecule has 0 atom stereocenters. The molecule has 18 heavy (non-hydrogen) atoms. The lowest BCUT2D eigenvalue weighted by Crippen LogP contribution is -2.01. The normalized spacial score (nSPS) is 10.4. The third-order valence-electron chi connectivity index (χ3n) is 2.48. The van der Waals surface area contributed by atoms with E-state index in [-0.39, 0.29) is 0 Å². The van der Waals surface area contributed by atoms with Gasteiger partial charge in [-0.05, 0) is 54.6 Å². The molecule has 0 aliphatic rings. The van der Waals surface area contributed by atoms with Crippen molar-refractivity contribution in [2.24, 2.45) is 0 Å². The van der Waals surface area contributed by atoms with E-state index in [4.69, 9.17) is 5.11 Å². The van der Waals surface area contributed by atoms with Gasteiger partial charge in [0, 0.05) is 14.1 Å². The summed E-state index contributed by atoms with van der Waals surface area (Å²) in [4.78, 5) is 16.6. The van der Waals surface area contributed by atoms with Gasteiger partial charge in [-0.2, -0.15) is 0 Å². The van der Waals surface area contributed by atoms with Gasteiger partial charge in [-0.15, -0.1) is 11.3 Å². The molecular weight excluding hydrogens is 363 g/mol. The second kappa shape index (κ2) is 5.23. The summed E-state index contributed by atoms with van der Waals surface area (Å²) in [5.41, 5.74) is 2.03. The minimum Gasteiger partial charge on any atom is -0.478 e. The molecule has 2 rings (SSSR count). The molecular formula is C12H11IN2O2S. The molecule has 6 heteroatoms. The first-order valence-corrected chi connectivity index (χ1v) is 7.11. The van der Waals surface area contributed by atoms with Crippen molar-refractivity contribution >= 4 is 50.7 Å². The maximum absolute atomic E-state index is 11.0. The van der Waals surface area contributed by atoms with Crippen LogP contribution in [0.1, 0.15) is 20.9 Å². The lowest BCUT2D eigenvalue weighted by molar-refractivity contribution is 0.0696. The number of aromatic carboxylic acids is 1. The Morgan fingerprint density at radius 3 is 2.72 bits per heavy atom.